The molecule has 1 fully saturated rings. The molecule has 1 saturated heterocycles. The van der Waals surface area contributed by atoms with Crippen LogP contribution in [0.3, 0.4) is 0 Å². The molecule has 0 unspecified atom stereocenters. The second kappa shape index (κ2) is 6.53. The summed E-state index contributed by atoms with van der Waals surface area (Å²) < 4.78 is 10.7. The van der Waals surface area contributed by atoms with Gasteiger partial charge in [-0.05, 0) is 31.0 Å². The number of hydrogen-bond acceptors (Lipinski definition) is 6. The van der Waals surface area contributed by atoms with E-state index in [4.69, 9.17) is 9.47 Å². The van der Waals surface area contributed by atoms with Crippen LogP contribution in [0.15, 0.2) is 24.3 Å². The molecule has 0 amide bonds. The quantitative estimate of drug-likeness (QED) is 0.864. The van der Waals surface area contributed by atoms with Crippen molar-refractivity contribution in [1.29, 1.82) is 5.26 Å². The van der Waals surface area contributed by atoms with Crippen LogP contribution in [-0.4, -0.2) is 37.3 Å². The third kappa shape index (κ3) is 3.04. The molecule has 3 rings (SSSR count). The number of ether oxygens (including phenoxy) is 2. The minimum absolute atomic E-state index is 0.349. The maximum atomic E-state index is 9.29. The summed E-state index contributed by atoms with van der Waals surface area (Å²) in [4.78, 5) is 11.1. The van der Waals surface area contributed by atoms with E-state index in [9.17, 15) is 5.26 Å². The predicted molar refractivity (Wildman–Crippen MR) is 86.7 cm³/mol. The molecular formula is C17H18N4O2. The van der Waals surface area contributed by atoms with Crippen molar-refractivity contribution < 1.29 is 9.47 Å². The first-order chi connectivity index (χ1) is 11.2. The van der Waals surface area contributed by atoms with Crippen molar-refractivity contribution in [2.45, 2.75) is 12.8 Å². The lowest BCUT2D eigenvalue weighted by Gasteiger charge is -2.17. The summed E-state index contributed by atoms with van der Waals surface area (Å²) in [5, 5.41) is 9.29. The third-order valence-electron chi connectivity index (χ3n) is 3.90. The SMILES string of the molecule is COc1ccc(OC)c(-c2cc(C#N)nc(N3CCCC3)n2)c1. The minimum atomic E-state index is 0.349. The van der Waals surface area contributed by atoms with E-state index in [1.54, 1.807) is 20.3 Å². The summed E-state index contributed by atoms with van der Waals surface area (Å²) in [6.07, 6.45) is 2.25. The Morgan fingerprint density at radius 1 is 1.09 bits per heavy atom. The third-order valence-corrected chi connectivity index (χ3v) is 3.90. The molecular weight excluding hydrogens is 292 g/mol. The van der Waals surface area contributed by atoms with Gasteiger partial charge in [0, 0.05) is 24.7 Å². The Morgan fingerprint density at radius 3 is 2.52 bits per heavy atom. The van der Waals surface area contributed by atoms with Crippen LogP contribution in [0.2, 0.25) is 0 Å². The minimum Gasteiger partial charge on any atom is -0.497 e. The van der Waals surface area contributed by atoms with Gasteiger partial charge in [-0.25, -0.2) is 9.97 Å². The Balaban J connectivity index is 2.12. The average molecular weight is 310 g/mol. The molecule has 1 aromatic heterocycles. The number of hydrogen-bond donors (Lipinski definition) is 0. The molecule has 2 heterocycles. The molecule has 2 aromatic rings. The smallest absolute Gasteiger partial charge is 0.227 e. The number of anilines is 1. The van der Waals surface area contributed by atoms with Gasteiger partial charge in [0.05, 0.1) is 19.9 Å². The molecule has 0 radical (unpaired) electrons. The van der Waals surface area contributed by atoms with Gasteiger partial charge in [0.2, 0.25) is 5.95 Å². The van der Waals surface area contributed by atoms with E-state index in [2.05, 4.69) is 20.9 Å². The summed E-state index contributed by atoms with van der Waals surface area (Å²) >= 11 is 0. The maximum Gasteiger partial charge on any atom is 0.227 e. The van der Waals surface area contributed by atoms with E-state index in [1.165, 1.54) is 0 Å². The van der Waals surface area contributed by atoms with Crippen molar-refractivity contribution in [1.82, 2.24) is 9.97 Å². The van der Waals surface area contributed by atoms with Gasteiger partial charge in [-0.2, -0.15) is 5.26 Å². The zero-order valence-corrected chi connectivity index (χ0v) is 13.2. The zero-order valence-electron chi connectivity index (χ0n) is 13.2. The van der Waals surface area contributed by atoms with E-state index < -0.39 is 0 Å². The second-order valence-corrected chi connectivity index (χ2v) is 5.31. The standard InChI is InChI=1S/C17H18N4O2/c1-22-13-5-6-16(23-2)14(10-13)15-9-12(11-18)19-17(20-15)21-7-3-4-8-21/h5-6,9-10H,3-4,7-8H2,1-2H3. The molecule has 118 valence electrons. The highest BCUT2D eigenvalue weighted by Gasteiger charge is 2.18. The first kappa shape index (κ1) is 15.1. The van der Waals surface area contributed by atoms with Crippen molar-refractivity contribution >= 4 is 5.95 Å². The van der Waals surface area contributed by atoms with E-state index >= 15 is 0 Å². The van der Waals surface area contributed by atoms with Crippen molar-refractivity contribution in [3.63, 3.8) is 0 Å². The Morgan fingerprint density at radius 2 is 1.87 bits per heavy atom. The zero-order chi connectivity index (χ0) is 16.2. The highest BCUT2D eigenvalue weighted by molar-refractivity contribution is 5.70. The van der Waals surface area contributed by atoms with Gasteiger partial charge < -0.3 is 14.4 Å². The molecule has 1 aliphatic rings. The molecule has 0 bridgehead atoms. The molecule has 1 aromatic carbocycles. The van der Waals surface area contributed by atoms with Gasteiger partial charge >= 0.3 is 0 Å². The lowest BCUT2D eigenvalue weighted by Crippen LogP contribution is -2.21. The number of methoxy groups -OCH3 is 2. The Kier molecular flexibility index (Phi) is 4.29. The van der Waals surface area contributed by atoms with Crippen LogP contribution < -0.4 is 14.4 Å². The van der Waals surface area contributed by atoms with Crippen LogP contribution in [0.5, 0.6) is 11.5 Å². The summed E-state index contributed by atoms with van der Waals surface area (Å²) in [5.74, 6) is 1.99. The highest BCUT2D eigenvalue weighted by atomic mass is 16.5. The molecule has 23 heavy (non-hydrogen) atoms. The van der Waals surface area contributed by atoms with Gasteiger partial charge in [0.15, 0.2) is 0 Å². The van der Waals surface area contributed by atoms with E-state index in [1.807, 2.05) is 18.2 Å². The fraction of sp³-hybridized carbons (Fsp3) is 0.353. The predicted octanol–water partition coefficient (Wildman–Crippen LogP) is 2.63. The normalized spacial score (nSPS) is 13.7. The molecule has 0 N–H and O–H groups in total. The van der Waals surface area contributed by atoms with E-state index in [0.29, 0.717) is 28.8 Å². The first-order valence-corrected chi connectivity index (χ1v) is 7.51. The van der Waals surface area contributed by atoms with Crippen molar-refractivity contribution in [3.8, 4) is 28.8 Å². The van der Waals surface area contributed by atoms with Crippen molar-refractivity contribution in [3.05, 3.63) is 30.0 Å². The molecule has 6 nitrogen and oxygen atoms in total. The average Bonchev–Trinajstić information content (AvgIpc) is 3.15. The van der Waals surface area contributed by atoms with Gasteiger partial charge in [0.25, 0.3) is 0 Å². The summed E-state index contributed by atoms with van der Waals surface area (Å²) in [6.45, 7) is 1.84. The number of nitriles is 1. The largest absolute Gasteiger partial charge is 0.497 e. The molecule has 0 spiro atoms. The van der Waals surface area contributed by atoms with Crippen LogP contribution in [-0.2, 0) is 0 Å². The van der Waals surface area contributed by atoms with E-state index in [-0.39, 0.29) is 0 Å². The Hall–Kier alpha value is -2.81. The first-order valence-electron chi connectivity index (χ1n) is 7.51. The van der Waals surface area contributed by atoms with Crippen LogP contribution in [0.4, 0.5) is 5.95 Å². The lowest BCUT2D eigenvalue weighted by molar-refractivity contribution is 0.404. The van der Waals surface area contributed by atoms with Crippen LogP contribution in [0.25, 0.3) is 11.3 Å². The van der Waals surface area contributed by atoms with E-state index in [0.717, 1.165) is 31.5 Å². The van der Waals surface area contributed by atoms with Crippen LogP contribution in [0.1, 0.15) is 18.5 Å². The lowest BCUT2D eigenvalue weighted by atomic mass is 10.1. The summed E-state index contributed by atoms with van der Waals surface area (Å²) in [7, 11) is 3.22. The fourth-order valence-corrected chi connectivity index (χ4v) is 2.70. The molecule has 0 aliphatic carbocycles. The van der Waals surface area contributed by atoms with Crippen LogP contribution in [0, 0.1) is 11.3 Å². The van der Waals surface area contributed by atoms with Gasteiger partial charge in [-0.15, -0.1) is 0 Å². The summed E-state index contributed by atoms with van der Waals surface area (Å²) in [5.41, 5.74) is 1.79. The Labute approximate surface area is 135 Å². The summed E-state index contributed by atoms with van der Waals surface area (Å²) in [6, 6.07) is 9.31. The number of nitrogens with zero attached hydrogens (tertiary/aromatic N) is 4. The van der Waals surface area contributed by atoms with Gasteiger partial charge in [0.1, 0.15) is 23.3 Å². The van der Waals surface area contributed by atoms with Crippen LogP contribution >= 0.6 is 0 Å². The highest BCUT2D eigenvalue weighted by Crippen LogP contribution is 2.33. The molecule has 0 atom stereocenters. The number of aromatic nitrogens is 2. The maximum absolute atomic E-state index is 9.29. The number of rotatable bonds is 4. The van der Waals surface area contributed by atoms with Crippen molar-refractivity contribution in [2.75, 3.05) is 32.2 Å². The number of benzene rings is 1. The molecule has 0 saturated carbocycles. The monoisotopic (exact) mass is 310 g/mol. The molecule has 6 heteroatoms. The molecule has 1 aliphatic heterocycles. The van der Waals surface area contributed by atoms with Gasteiger partial charge in [-0.3, -0.25) is 0 Å². The fourth-order valence-electron chi connectivity index (χ4n) is 2.70. The Bertz CT molecular complexity index is 749. The van der Waals surface area contributed by atoms with Crippen molar-refractivity contribution in [2.24, 2.45) is 0 Å². The topological polar surface area (TPSA) is 71.3 Å². The van der Waals surface area contributed by atoms with Gasteiger partial charge in [-0.1, -0.05) is 0 Å². The second-order valence-electron chi connectivity index (χ2n) is 5.31.